The quantitative estimate of drug-likeness (QED) is 0.378. The van der Waals surface area contributed by atoms with E-state index in [9.17, 15) is 27.9 Å². The fourth-order valence-electron chi connectivity index (χ4n) is 4.29. The van der Waals surface area contributed by atoms with E-state index >= 15 is 0 Å². The molecular formula is C26H31F3N2O4S. The van der Waals surface area contributed by atoms with Gasteiger partial charge < -0.3 is 20.1 Å². The summed E-state index contributed by atoms with van der Waals surface area (Å²) in [4.78, 5) is 27.5. The van der Waals surface area contributed by atoms with E-state index in [-0.39, 0.29) is 17.8 Å². The number of benzene rings is 2. The van der Waals surface area contributed by atoms with Gasteiger partial charge in [-0.25, -0.2) is 4.79 Å². The van der Waals surface area contributed by atoms with Crippen molar-refractivity contribution in [3.63, 3.8) is 0 Å². The zero-order valence-corrected chi connectivity index (χ0v) is 21.6. The third-order valence-corrected chi connectivity index (χ3v) is 7.56. The maximum Gasteiger partial charge on any atom is 0.573 e. The lowest BCUT2D eigenvalue weighted by Crippen LogP contribution is -2.46. The van der Waals surface area contributed by atoms with Crippen molar-refractivity contribution in [3.05, 3.63) is 53.1 Å². The fraction of sp³-hybridized carbons (Fsp3) is 0.462. The first-order valence-corrected chi connectivity index (χ1v) is 12.6. The molecule has 36 heavy (non-hydrogen) atoms. The molecule has 0 heterocycles. The molecule has 0 aromatic heterocycles. The third kappa shape index (κ3) is 6.87. The van der Waals surface area contributed by atoms with E-state index in [1.165, 1.54) is 29.5 Å². The molecule has 2 amide bonds. The summed E-state index contributed by atoms with van der Waals surface area (Å²) in [6, 6.07) is 8.71. The zero-order chi connectivity index (χ0) is 26.7. The minimum absolute atomic E-state index is 0.0586. The Kier molecular flexibility index (Phi) is 8.48. The van der Waals surface area contributed by atoms with Crippen LogP contribution in [0.15, 0.2) is 41.3 Å². The number of rotatable bonds is 8. The molecular weight excluding hydrogens is 493 g/mol. The summed E-state index contributed by atoms with van der Waals surface area (Å²) >= 11 is 1.31. The van der Waals surface area contributed by atoms with Gasteiger partial charge >= 0.3 is 18.4 Å². The number of nitrogens with one attached hydrogen (secondary N) is 1. The van der Waals surface area contributed by atoms with Crippen molar-refractivity contribution in [2.24, 2.45) is 0 Å². The molecule has 1 aliphatic carbocycles. The maximum absolute atomic E-state index is 13.2. The Hall–Kier alpha value is -2.88. The molecule has 0 spiro atoms. The van der Waals surface area contributed by atoms with Gasteiger partial charge in [0.25, 0.3) is 0 Å². The van der Waals surface area contributed by atoms with Crippen molar-refractivity contribution < 1.29 is 32.6 Å². The fourth-order valence-corrected chi connectivity index (χ4v) is 5.34. The second-order valence-electron chi connectivity index (χ2n) is 9.34. The molecule has 2 aromatic carbocycles. The first kappa shape index (κ1) is 27.7. The Morgan fingerprint density at radius 3 is 2.42 bits per heavy atom. The second-order valence-corrected chi connectivity index (χ2v) is 11.0. The summed E-state index contributed by atoms with van der Waals surface area (Å²) < 4.78 is 40.1. The molecule has 0 bridgehead atoms. The molecule has 0 fully saturated rings. The zero-order valence-electron chi connectivity index (χ0n) is 20.7. The SMILES string of the molecule is CCCN(C(=O)Nc1ccc(OC(F)(F)F)cc1)C1CCc2ccc(SC(C)(C)C(=O)O)c(C)c2C1. The molecule has 0 saturated carbocycles. The van der Waals surface area contributed by atoms with Gasteiger partial charge in [0.05, 0.1) is 0 Å². The molecule has 0 saturated heterocycles. The van der Waals surface area contributed by atoms with E-state index in [1.807, 2.05) is 26.0 Å². The number of nitrogens with zero attached hydrogens (tertiary/aromatic N) is 1. The average molecular weight is 525 g/mol. The smallest absolute Gasteiger partial charge is 0.480 e. The average Bonchev–Trinajstić information content (AvgIpc) is 2.79. The van der Waals surface area contributed by atoms with E-state index in [0.29, 0.717) is 18.7 Å². The predicted octanol–water partition coefficient (Wildman–Crippen LogP) is 6.65. The van der Waals surface area contributed by atoms with Crippen LogP contribution >= 0.6 is 11.8 Å². The standard InChI is InChI=1S/C26H31F3N2O4S/c1-5-14-31(24(34)30-18-8-11-20(12-9-18)35-26(27,28)29)19-10-6-17-7-13-22(16(2)21(17)15-19)36-25(3,4)23(32)33/h7-9,11-13,19H,5-6,10,14-15H2,1-4H3,(H,30,34)(H,32,33). The molecule has 1 atom stereocenters. The summed E-state index contributed by atoms with van der Waals surface area (Å²) in [6.45, 7) is 7.86. The number of carbonyl (C=O) groups excluding carboxylic acids is 1. The molecule has 1 aliphatic rings. The van der Waals surface area contributed by atoms with Crippen LogP contribution in [0.1, 0.15) is 50.3 Å². The summed E-state index contributed by atoms with van der Waals surface area (Å²) in [5.41, 5.74) is 3.75. The molecule has 10 heteroatoms. The number of hydrogen-bond acceptors (Lipinski definition) is 4. The number of carbonyl (C=O) groups is 2. The minimum atomic E-state index is -4.78. The largest absolute Gasteiger partial charge is 0.573 e. The van der Waals surface area contributed by atoms with Crippen LogP contribution in [-0.2, 0) is 17.6 Å². The highest BCUT2D eigenvalue weighted by molar-refractivity contribution is 8.01. The van der Waals surface area contributed by atoms with Gasteiger partial charge in [0, 0.05) is 23.2 Å². The Morgan fingerprint density at radius 1 is 1.17 bits per heavy atom. The Balaban J connectivity index is 1.76. The molecule has 0 radical (unpaired) electrons. The predicted molar refractivity (Wildman–Crippen MR) is 134 cm³/mol. The number of carboxylic acids is 1. The normalized spacial score (nSPS) is 15.7. The van der Waals surface area contributed by atoms with Crippen LogP contribution in [-0.4, -0.2) is 45.7 Å². The van der Waals surface area contributed by atoms with Crippen LogP contribution in [0.2, 0.25) is 0 Å². The number of aliphatic carboxylic acids is 1. The molecule has 2 N–H and O–H groups in total. The van der Waals surface area contributed by atoms with E-state index < -0.39 is 17.1 Å². The van der Waals surface area contributed by atoms with Gasteiger partial charge in [0.1, 0.15) is 10.5 Å². The number of amides is 2. The monoisotopic (exact) mass is 524 g/mol. The van der Waals surface area contributed by atoms with Crippen molar-refractivity contribution in [1.82, 2.24) is 4.90 Å². The molecule has 1 unspecified atom stereocenters. The first-order valence-electron chi connectivity index (χ1n) is 11.8. The molecule has 3 rings (SSSR count). The number of anilines is 1. The molecule has 6 nitrogen and oxygen atoms in total. The number of alkyl halides is 3. The molecule has 196 valence electrons. The van der Waals surface area contributed by atoms with Crippen LogP contribution in [0.25, 0.3) is 0 Å². The Bertz CT molecular complexity index is 1100. The summed E-state index contributed by atoms with van der Waals surface area (Å²) in [5, 5.41) is 12.3. The second kappa shape index (κ2) is 11.0. The van der Waals surface area contributed by atoms with E-state index in [1.54, 1.807) is 18.7 Å². The highest BCUT2D eigenvalue weighted by atomic mass is 32.2. The molecule has 2 aromatic rings. The van der Waals surface area contributed by atoms with Gasteiger partial charge in [-0.1, -0.05) is 13.0 Å². The number of ether oxygens (including phenoxy) is 1. The number of fused-ring (bicyclic) bond motifs is 1. The third-order valence-electron chi connectivity index (χ3n) is 6.22. The van der Waals surface area contributed by atoms with E-state index in [4.69, 9.17) is 0 Å². The van der Waals surface area contributed by atoms with Crippen molar-refractivity contribution >= 4 is 29.4 Å². The Labute approximate surface area is 213 Å². The number of aryl methyl sites for hydroxylation is 1. The van der Waals surface area contributed by atoms with Crippen molar-refractivity contribution in [2.75, 3.05) is 11.9 Å². The van der Waals surface area contributed by atoms with Gasteiger partial charge in [-0.2, -0.15) is 0 Å². The summed E-state index contributed by atoms with van der Waals surface area (Å²) in [7, 11) is 0. The van der Waals surface area contributed by atoms with Crippen molar-refractivity contribution in [1.29, 1.82) is 0 Å². The minimum Gasteiger partial charge on any atom is -0.480 e. The first-order chi connectivity index (χ1) is 16.8. The number of carboxylic acid groups (broad SMARTS) is 1. The van der Waals surface area contributed by atoms with Gasteiger partial charge in [0.15, 0.2) is 0 Å². The lowest BCUT2D eigenvalue weighted by Gasteiger charge is -2.36. The van der Waals surface area contributed by atoms with Crippen LogP contribution in [0.3, 0.4) is 0 Å². The number of thioether (sulfide) groups is 1. The highest BCUT2D eigenvalue weighted by Crippen LogP contribution is 2.39. The van der Waals surface area contributed by atoms with Crippen molar-refractivity contribution in [3.8, 4) is 5.75 Å². The van der Waals surface area contributed by atoms with Crippen molar-refractivity contribution in [2.45, 2.75) is 75.4 Å². The van der Waals surface area contributed by atoms with Gasteiger partial charge in [-0.3, -0.25) is 4.79 Å². The summed E-state index contributed by atoms with van der Waals surface area (Å²) in [6.07, 6.45) is -1.80. The molecule has 0 aliphatic heterocycles. The van der Waals surface area contributed by atoms with E-state index in [0.717, 1.165) is 47.4 Å². The van der Waals surface area contributed by atoms with Gasteiger partial charge in [-0.15, -0.1) is 24.9 Å². The number of halogens is 3. The van der Waals surface area contributed by atoms with Crippen LogP contribution < -0.4 is 10.1 Å². The van der Waals surface area contributed by atoms with Crippen LogP contribution in [0, 0.1) is 6.92 Å². The topological polar surface area (TPSA) is 78.9 Å². The van der Waals surface area contributed by atoms with Crippen LogP contribution in [0.5, 0.6) is 5.75 Å². The lowest BCUT2D eigenvalue weighted by atomic mass is 9.85. The van der Waals surface area contributed by atoms with Crippen LogP contribution in [0.4, 0.5) is 23.7 Å². The number of urea groups is 1. The van der Waals surface area contributed by atoms with E-state index in [2.05, 4.69) is 10.1 Å². The lowest BCUT2D eigenvalue weighted by molar-refractivity contribution is -0.274. The highest BCUT2D eigenvalue weighted by Gasteiger charge is 2.33. The summed E-state index contributed by atoms with van der Waals surface area (Å²) in [5.74, 6) is -1.24. The number of hydrogen-bond donors (Lipinski definition) is 2. The van der Waals surface area contributed by atoms with Gasteiger partial charge in [-0.05, 0) is 93.5 Å². The maximum atomic E-state index is 13.2. The Morgan fingerprint density at radius 2 is 1.83 bits per heavy atom. The van der Waals surface area contributed by atoms with Gasteiger partial charge in [0.2, 0.25) is 0 Å².